The lowest BCUT2D eigenvalue weighted by Crippen LogP contribution is -2.36. The zero-order chi connectivity index (χ0) is 22.9. The molecular weight excluding hydrogens is 416 g/mol. The molecule has 166 valence electrons. The van der Waals surface area contributed by atoms with Crippen LogP contribution in [-0.4, -0.2) is 31.6 Å². The van der Waals surface area contributed by atoms with Crippen LogP contribution >= 0.6 is 0 Å². The van der Waals surface area contributed by atoms with Crippen LogP contribution in [0.25, 0.3) is 22.3 Å². The fourth-order valence-electron chi connectivity index (χ4n) is 3.41. The van der Waals surface area contributed by atoms with Crippen LogP contribution in [0.2, 0.25) is 0 Å². The highest BCUT2D eigenvalue weighted by Crippen LogP contribution is 2.26. The first kappa shape index (κ1) is 21.5. The highest BCUT2D eigenvalue weighted by molar-refractivity contribution is 5.83. The summed E-state index contributed by atoms with van der Waals surface area (Å²) in [4.78, 5) is 27.2. The van der Waals surface area contributed by atoms with Gasteiger partial charge in [0.2, 0.25) is 0 Å². The maximum atomic E-state index is 13.6. The smallest absolute Gasteiger partial charge is 0.408 e. The lowest BCUT2D eigenvalue weighted by atomic mass is 10.0. The zero-order valence-corrected chi connectivity index (χ0v) is 17.9. The van der Waals surface area contributed by atoms with E-state index in [9.17, 15) is 13.6 Å². The molecule has 1 amide bonds. The van der Waals surface area contributed by atoms with Crippen LogP contribution in [0.4, 0.5) is 13.6 Å². The number of ether oxygens (including phenoxy) is 1. The fraction of sp³-hybridized carbons (Fsp3) is 0.261. The Bertz CT molecular complexity index is 1260. The molecule has 0 aliphatic heterocycles. The zero-order valence-electron chi connectivity index (χ0n) is 17.9. The van der Waals surface area contributed by atoms with Gasteiger partial charge < -0.3 is 20.0 Å². The first-order valence-electron chi connectivity index (χ1n) is 10.1. The molecule has 0 aliphatic rings. The third kappa shape index (κ3) is 4.93. The van der Waals surface area contributed by atoms with E-state index >= 15 is 0 Å². The number of aromatic nitrogens is 4. The van der Waals surface area contributed by atoms with Gasteiger partial charge in [-0.15, -0.1) is 0 Å². The summed E-state index contributed by atoms with van der Waals surface area (Å²) in [5.41, 5.74) is 1.74. The molecule has 9 heteroatoms. The van der Waals surface area contributed by atoms with Crippen LogP contribution in [0.1, 0.15) is 38.2 Å². The molecule has 4 rings (SSSR count). The average molecular weight is 439 g/mol. The number of pyridine rings is 1. The van der Waals surface area contributed by atoms with Crippen LogP contribution in [-0.2, 0) is 11.2 Å². The van der Waals surface area contributed by atoms with E-state index in [-0.39, 0.29) is 5.82 Å². The summed E-state index contributed by atoms with van der Waals surface area (Å²) in [7, 11) is 0. The molecule has 0 spiro atoms. The molecule has 7 nitrogen and oxygen atoms in total. The van der Waals surface area contributed by atoms with Gasteiger partial charge in [0, 0.05) is 35.8 Å². The number of nitrogens with zero attached hydrogens (tertiary/aromatic N) is 2. The summed E-state index contributed by atoms with van der Waals surface area (Å²) >= 11 is 0. The standard InChI is InChI=1S/C23H23F2N5O2/c1-23(2,3)32-22(31)30-19(8-13-11-27-17-9-14(24)4-5-16(13)17)21-28-12-20(29-21)18-10-15(25)6-7-26-18/h4-7,9-12,19,27H,8H2,1-3H3,(H,28,29)(H,30,31)/t19-/m1/s1. The van der Waals surface area contributed by atoms with Gasteiger partial charge in [0.1, 0.15) is 23.1 Å². The number of alkyl carbamates (subject to hydrolysis) is 1. The molecule has 4 aromatic rings. The maximum absolute atomic E-state index is 13.6. The molecule has 3 aromatic heterocycles. The van der Waals surface area contributed by atoms with Gasteiger partial charge in [0.05, 0.1) is 23.6 Å². The molecule has 0 saturated carbocycles. The topological polar surface area (TPSA) is 95.7 Å². The number of imidazole rings is 1. The molecule has 0 unspecified atom stereocenters. The molecule has 3 N–H and O–H groups in total. The van der Waals surface area contributed by atoms with Crippen molar-refractivity contribution >= 4 is 17.0 Å². The Kier molecular flexibility index (Phi) is 5.65. The van der Waals surface area contributed by atoms with Crippen molar-refractivity contribution in [2.24, 2.45) is 0 Å². The van der Waals surface area contributed by atoms with Crippen molar-refractivity contribution in [3.63, 3.8) is 0 Å². The van der Waals surface area contributed by atoms with Gasteiger partial charge >= 0.3 is 6.09 Å². The van der Waals surface area contributed by atoms with E-state index in [1.54, 1.807) is 33.0 Å². The SMILES string of the molecule is CC(C)(C)OC(=O)N[C@H](Cc1c[nH]c2cc(F)ccc12)c1ncc(-c2cc(F)ccn2)[nH]1. The van der Waals surface area contributed by atoms with E-state index in [1.807, 2.05) is 0 Å². The highest BCUT2D eigenvalue weighted by Gasteiger charge is 2.24. The first-order chi connectivity index (χ1) is 15.2. The van der Waals surface area contributed by atoms with Crippen molar-refractivity contribution in [1.82, 2.24) is 25.3 Å². The van der Waals surface area contributed by atoms with E-state index in [0.717, 1.165) is 10.9 Å². The minimum Gasteiger partial charge on any atom is -0.444 e. The molecule has 0 fully saturated rings. The lowest BCUT2D eigenvalue weighted by Gasteiger charge is -2.23. The third-order valence-corrected chi connectivity index (χ3v) is 4.77. The largest absolute Gasteiger partial charge is 0.444 e. The van der Waals surface area contributed by atoms with Gasteiger partial charge in [-0.2, -0.15) is 0 Å². The van der Waals surface area contributed by atoms with E-state index in [4.69, 9.17) is 4.74 Å². The van der Waals surface area contributed by atoms with Gasteiger partial charge in [0.15, 0.2) is 0 Å². The van der Waals surface area contributed by atoms with Gasteiger partial charge in [-0.05, 0) is 50.6 Å². The quantitative estimate of drug-likeness (QED) is 0.406. The van der Waals surface area contributed by atoms with Crippen LogP contribution in [0.15, 0.2) is 48.9 Å². The van der Waals surface area contributed by atoms with Crippen LogP contribution in [0, 0.1) is 11.6 Å². The number of carbonyl (C=O) groups is 1. The Morgan fingerprint density at radius 2 is 1.94 bits per heavy atom. The number of fused-ring (bicyclic) bond motifs is 1. The monoisotopic (exact) mass is 439 g/mol. The van der Waals surface area contributed by atoms with E-state index in [2.05, 4.69) is 25.3 Å². The van der Waals surface area contributed by atoms with Crippen molar-refractivity contribution in [3.05, 3.63) is 71.9 Å². The molecule has 0 aliphatic carbocycles. The normalized spacial score (nSPS) is 12.7. The molecule has 1 atom stereocenters. The van der Waals surface area contributed by atoms with Crippen LogP contribution in [0.3, 0.4) is 0 Å². The lowest BCUT2D eigenvalue weighted by molar-refractivity contribution is 0.0501. The van der Waals surface area contributed by atoms with Crippen molar-refractivity contribution in [1.29, 1.82) is 0 Å². The number of hydrogen-bond donors (Lipinski definition) is 3. The molecule has 0 saturated heterocycles. The predicted molar refractivity (Wildman–Crippen MR) is 116 cm³/mol. The van der Waals surface area contributed by atoms with Gasteiger partial charge in [-0.1, -0.05) is 0 Å². The Morgan fingerprint density at radius 1 is 1.16 bits per heavy atom. The third-order valence-electron chi connectivity index (χ3n) is 4.77. The molecule has 0 bridgehead atoms. The Balaban J connectivity index is 1.65. The fourth-order valence-corrected chi connectivity index (χ4v) is 3.41. The van der Waals surface area contributed by atoms with E-state index in [0.29, 0.717) is 29.1 Å². The molecule has 32 heavy (non-hydrogen) atoms. The first-order valence-corrected chi connectivity index (χ1v) is 10.1. The Hall–Kier alpha value is -3.75. The van der Waals surface area contributed by atoms with Crippen LogP contribution in [0.5, 0.6) is 0 Å². The second-order valence-electron chi connectivity index (χ2n) is 8.45. The molecule has 0 radical (unpaired) electrons. The number of amides is 1. The number of carbonyl (C=O) groups excluding carboxylic acids is 1. The van der Waals surface area contributed by atoms with Gasteiger partial charge in [-0.3, -0.25) is 4.98 Å². The highest BCUT2D eigenvalue weighted by atomic mass is 19.1. The second-order valence-corrected chi connectivity index (χ2v) is 8.45. The number of benzene rings is 1. The minimum atomic E-state index is -0.674. The van der Waals surface area contributed by atoms with Gasteiger partial charge in [-0.25, -0.2) is 18.6 Å². The molecular formula is C23H23F2N5O2. The number of nitrogens with one attached hydrogen (secondary N) is 3. The second kappa shape index (κ2) is 8.41. The van der Waals surface area contributed by atoms with Gasteiger partial charge in [0.25, 0.3) is 0 Å². The number of hydrogen-bond acceptors (Lipinski definition) is 4. The molecule has 1 aromatic carbocycles. The molecule has 3 heterocycles. The number of aromatic amines is 2. The number of rotatable bonds is 5. The van der Waals surface area contributed by atoms with Crippen molar-refractivity contribution < 1.29 is 18.3 Å². The number of H-pyrrole nitrogens is 2. The predicted octanol–water partition coefficient (Wildman–Crippen LogP) is 5.04. The van der Waals surface area contributed by atoms with E-state index < -0.39 is 23.6 Å². The summed E-state index contributed by atoms with van der Waals surface area (Å²) in [6, 6.07) is 6.45. The summed E-state index contributed by atoms with van der Waals surface area (Å²) in [5, 5.41) is 3.68. The van der Waals surface area contributed by atoms with Crippen molar-refractivity contribution in [3.8, 4) is 11.4 Å². The summed E-state index contributed by atoms with van der Waals surface area (Å²) in [6.07, 6.45) is 4.42. The number of halogens is 2. The summed E-state index contributed by atoms with van der Waals surface area (Å²) in [5.74, 6) is -0.304. The summed E-state index contributed by atoms with van der Waals surface area (Å²) in [6.45, 7) is 5.32. The minimum absolute atomic E-state index is 0.340. The van der Waals surface area contributed by atoms with Crippen LogP contribution < -0.4 is 5.32 Å². The van der Waals surface area contributed by atoms with E-state index in [1.165, 1.54) is 36.7 Å². The van der Waals surface area contributed by atoms with Crippen molar-refractivity contribution in [2.45, 2.75) is 38.8 Å². The average Bonchev–Trinajstić information content (AvgIpc) is 3.33. The van der Waals surface area contributed by atoms with Crippen molar-refractivity contribution in [2.75, 3.05) is 0 Å². The maximum Gasteiger partial charge on any atom is 0.408 e. The Morgan fingerprint density at radius 3 is 2.69 bits per heavy atom. The Labute approximate surface area is 183 Å². The summed E-state index contributed by atoms with van der Waals surface area (Å²) < 4.78 is 32.6.